The van der Waals surface area contributed by atoms with Crippen molar-refractivity contribution in [2.75, 3.05) is 11.9 Å². The fourth-order valence-corrected chi connectivity index (χ4v) is 3.57. The summed E-state index contributed by atoms with van der Waals surface area (Å²) in [6.07, 6.45) is 0.183. The lowest BCUT2D eigenvalue weighted by Crippen LogP contribution is -2.32. The molecule has 0 saturated heterocycles. The number of rotatable bonds is 6. The zero-order valence-corrected chi connectivity index (χ0v) is 16.9. The highest BCUT2D eigenvalue weighted by Gasteiger charge is 2.24. The SMILES string of the molecule is CC(Oc1ccc(Cl)cc1)C(=O)Nc1n[nH]c2c1CCN(Cc1ccccc1)C2. The maximum absolute atomic E-state index is 12.5. The number of aromatic nitrogens is 2. The Balaban J connectivity index is 1.36. The summed E-state index contributed by atoms with van der Waals surface area (Å²) in [7, 11) is 0. The average molecular weight is 411 g/mol. The molecule has 2 aromatic carbocycles. The Hall–Kier alpha value is -2.83. The first-order valence-corrected chi connectivity index (χ1v) is 10.0. The molecule has 1 unspecified atom stereocenters. The minimum Gasteiger partial charge on any atom is -0.481 e. The zero-order valence-electron chi connectivity index (χ0n) is 16.2. The lowest BCUT2D eigenvalue weighted by atomic mass is 10.1. The molecule has 1 aromatic heterocycles. The fraction of sp³-hybridized carbons (Fsp3) is 0.273. The maximum atomic E-state index is 12.5. The Labute approximate surface area is 174 Å². The highest BCUT2D eigenvalue weighted by atomic mass is 35.5. The van der Waals surface area contributed by atoms with Crippen LogP contribution in [0.25, 0.3) is 0 Å². The molecule has 7 heteroatoms. The Morgan fingerprint density at radius 1 is 1.24 bits per heavy atom. The van der Waals surface area contributed by atoms with Gasteiger partial charge in [-0.3, -0.25) is 14.8 Å². The third kappa shape index (κ3) is 4.78. The highest BCUT2D eigenvalue weighted by molar-refractivity contribution is 6.30. The predicted molar refractivity (Wildman–Crippen MR) is 113 cm³/mol. The number of carbonyl (C=O) groups is 1. The lowest BCUT2D eigenvalue weighted by molar-refractivity contribution is -0.122. The molecule has 6 nitrogen and oxygen atoms in total. The van der Waals surface area contributed by atoms with Crippen molar-refractivity contribution in [3.63, 3.8) is 0 Å². The van der Waals surface area contributed by atoms with Crippen molar-refractivity contribution in [1.29, 1.82) is 0 Å². The maximum Gasteiger partial charge on any atom is 0.266 e. The number of nitrogens with zero attached hydrogens (tertiary/aromatic N) is 2. The van der Waals surface area contributed by atoms with E-state index in [1.54, 1.807) is 31.2 Å². The van der Waals surface area contributed by atoms with Crippen molar-refractivity contribution in [2.24, 2.45) is 0 Å². The van der Waals surface area contributed by atoms with Crippen LogP contribution in [0.15, 0.2) is 54.6 Å². The number of carbonyl (C=O) groups excluding carboxylic acids is 1. The van der Waals surface area contributed by atoms with E-state index >= 15 is 0 Å². The van der Waals surface area contributed by atoms with E-state index in [2.05, 4.69) is 44.7 Å². The number of benzene rings is 2. The van der Waals surface area contributed by atoms with Gasteiger partial charge in [0, 0.05) is 30.2 Å². The van der Waals surface area contributed by atoms with Gasteiger partial charge in [-0.2, -0.15) is 5.10 Å². The van der Waals surface area contributed by atoms with Crippen LogP contribution in [-0.2, 0) is 24.3 Å². The zero-order chi connectivity index (χ0) is 20.2. The minimum atomic E-state index is -0.651. The van der Waals surface area contributed by atoms with Crippen molar-refractivity contribution < 1.29 is 9.53 Å². The number of nitrogens with one attached hydrogen (secondary N) is 2. The highest BCUT2D eigenvalue weighted by Crippen LogP contribution is 2.25. The monoisotopic (exact) mass is 410 g/mol. The molecule has 0 aliphatic carbocycles. The lowest BCUT2D eigenvalue weighted by Gasteiger charge is -2.26. The fourth-order valence-electron chi connectivity index (χ4n) is 3.44. The molecular formula is C22H23ClN4O2. The number of fused-ring (bicyclic) bond motifs is 1. The molecule has 1 amide bonds. The van der Waals surface area contributed by atoms with E-state index < -0.39 is 6.10 Å². The standard InChI is InChI=1S/C22H23ClN4O2/c1-15(29-18-9-7-17(23)8-10-18)22(28)24-21-19-11-12-27(14-20(19)25-26-21)13-16-5-3-2-4-6-16/h2-10,15H,11-14H2,1H3,(H2,24,25,26,28). The summed E-state index contributed by atoms with van der Waals surface area (Å²) >= 11 is 5.88. The molecule has 1 aliphatic heterocycles. The van der Waals surface area contributed by atoms with Gasteiger partial charge in [-0.15, -0.1) is 0 Å². The molecule has 3 aromatic rings. The number of ether oxygens (including phenoxy) is 1. The molecule has 2 N–H and O–H groups in total. The summed E-state index contributed by atoms with van der Waals surface area (Å²) in [5.74, 6) is 0.953. The molecule has 0 fully saturated rings. The summed E-state index contributed by atoms with van der Waals surface area (Å²) in [4.78, 5) is 14.9. The van der Waals surface area contributed by atoms with Crippen LogP contribution in [0.2, 0.25) is 5.02 Å². The van der Waals surface area contributed by atoms with Crippen molar-refractivity contribution in [3.8, 4) is 5.75 Å². The third-order valence-corrected chi connectivity index (χ3v) is 5.25. The van der Waals surface area contributed by atoms with Gasteiger partial charge in [0.2, 0.25) is 0 Å². The van der Waals surface area contributed by atoms with Crippen molar-refractivity contribution >= 4 is 23.3 Å². The molecular weight excluding hydrogens is 388 g/mol. The van der Waals surface area contributed by atoms with Crippen LogP contribution in [0, 0.1) is 0 Å². The van der Waals surface area contributed by atoms with Crippen molar-refractivity contribution in [1.82, 2.24) is 15.1 Å². The van der Waals surface area contributed by atoms with Crippen molar-refractivity contribution in [2.45, 2.75) is 32.5 Å². The number of hydrogen-bond donors (Lipinski definition) is 2. The van der Waals surface area contributed by atoms with E-state index in [9.17, 15) is 4.79 Å². The van der Waals surface area contributed by atoms with Crippen LogP contribution in [0.3, 0.4) is 0 Å². The molecule has 29 heavy (non-hydrogen) atoms. The normalized spacial score (nSPS) is 14.8. The Bertz CT molecular complexity index is 972. The number of amides is 1. The molecule has 0 spiro atoms. The summed E-state index contributed by atoms with van der Waals surface area (Å²) in [6, 6.07) is 17.3. The third-order valence-electron chi connectivity index (χ3n) is 5.00. The van der Waals surface area contributed by atoms with E-state index in [4.69, 9.17) is 16.3 Å². The first kappa shape index (κ1) is 19.5. The molecule has 0 radical (unpaired) electrons. The summed E-state index contributed by atoms with van der Waals surface area (Å²) in [6.45, 7) is 4.31. The van der Waals surface area contributed by atoms with Gasteiger partial charge in [-0.05, 0) is 43.2 Å². The van der Waals surface area contributed by atoms with Crippen LogP contribution in [0.1, 0.15) is 23.7 Å². The van der Waals surface area contributed by atoms with Gasteiger partial charge in [0.25, 0.3) is 5.91 Å². The van der Waals surface area contributed by atoms with Gasteiger partial charge >= 0.3 is 0 Å². The quantitative estimate of drug-likeness (QED) is 0.643. The molecule has 1 atom stereocenters. The Morgan fingerprint density at radius 3 is 2.76 bits per heavy atom. The second kappa shape index (κ2) is 8.68. The van der Waals surface area contributed by atoms with Gasteiger partial charge in [0.1, 0.15) is 5.75 Å². The van der Waals surface area contributed by atoms with Gasteiger partial charge in [-0.1, -0.05) is 41.9 Å². The largest absolute Gasteiger partial charge is 0.481 e. The number of hydrogen-bond acceptors (Lipinski definition) is 4. The van der Waals surface area contributed by atoms with Crippen molar-refractivity contribution in [3.05, 3.63) is 76.4 Å². The predicted octanol–water partition coefficient (Wildman–Crippen LogP) is 4.03. The smallest absolute Gasteiger partial charge is 0.266 e. The second-order valence-electron chi connectivity index (χ2n) is 7.18. The van der Waals surface area contributed by atoms with Gasteiger partial charge in [-0.25, -0.2) is 0 Å². The minimum absolute atomic E-state index is 0.235. The Kier molecular flexibility index (Phi) is 5.83. The summed E-state index contributed by atoms with van der Waals surface area (Å²) in [5, 5.41) is 10.9. The molecule has 4 rings (SSSR count). The summed E-state index contributed by atoms with van der Waals surface area (Å²) in [5.41, 5.74) is 3.41. The van der Waals surface area contributed by atoms with Crippen LogP contribution in [0.5, 0.6) is 5.75 Å². The number of H-pyrrole nitrogens is 1. The summed E-state index contributed by atoms with van der Waals surface area (Å²) < 4.78 is 5.69. The topological polar surface area (TPSA) is 70.2 Å². The van der Waals surface area contributed by atoms with Crippen LogP contribution < -0.4 is 10.1 Å². The molecule has 1 aliphatic rings. The van der Waals surface area contributed by atoms with E-state index in [1.165, 1.54) is 5.56 Å². The van der Waals surface area contributed by atoms with Crippen LogP contribution >= 0.6 is 11.6 Å². The van der Waals surface area contributed by atoms with Gasteiger partial charge < -0.3 is 10.1 Å². The van der Waals surface area contributed by atoms with Crippen LogP contribution in [0.4, 0.5) is 5.82 Å². The van der Waals surface area contributed by atoms with E-state index in [0.717, 1.165) is 37.3 Å². The van der Waals surface area contributed by atoms with Crippen LogP contribution in [-0.4, -0.2) is 33.7 Å². The Morgan fingerprint density at radius 2 is 2.00 bits per heavy atom. The number of halogens is 1. The first-order valence-electron chi connectivity index (χ1n) is 9.64. The van der Waals surface area contributed by atoms with E-state index in [1.807, 2.05) is 6.07 Å². The number of anilines is 1. The first-order chi connectivity index (χ1) is 14.1. The molecule has 2 heterocycles. The molecule has 150 valence electrons. The second-order valence-corrected chi connectivity index (χ2v) is 7.62. The van der Waals surface area contributed by atoms with Gasteiger partial charge in [0.15, 0.2) is 11.9 Å². The van der Waals surface area contributed by atoms with E-state index in [-0.39, 0.29) is 5.91 Å². The average Bonchev–Trinajstić information content (AvgIpc) is 3.12. The molecule has 0 saturated carbocycles. The van der Waals surface area contributed by atoms with Gasteiger partial charge in [0.05, 0.1) is 5.69 Å². The molecule has 0 bridgehead atoms. The van der Waals surface area contributed by atoms with E-state index in [0.29, 0.717) is 16.6 Å². The number of aromatic amines is 1.